The van der Waals surface area contributed by atoms with Crippen LogP contribution in [0.25, 0.3) is 0 Å². The van der Waals surface area contributed by atoms with E-state index in [9.17, 15) is 9.90 Å². The highest BCUT2D eigenvalue weighted by molar-refractivity contribution is 5.69. The monoisotopic (exact) mass is 450 g/mol. The van der Waals surface area contributed by atoms with E-state index in [1.165, 1.54) is 0 Å². The zero-order valence-electron chi connectivity index (χ0n) is 20.3. The van der Waals surface area contributed by atoms with Crippen molar-refractivity contribution in [1.82, 2.24) is 0 Å². The molecule has 1 saturated heterocycles. The summed E-state index contributed by atoms with van der Waals surface area (Å²) < 4.78 is 12.4. The lowest BCUT2D eigenvalue weighted by Crippen LogP contribution is -2.64. The number of aliphatic hydroxyl groups excluding tert-OH is 1. The fraction of sp³-hybridized carbons (Fsp3) is 0.885. The van der Waals surface area contributed by atoms with Gasteiger partial charge >= 0.3 is 5.97 Å². The fourth-order valence-corrected chi connectivity index (χ4v) is 7.30. The van der Waals surface area contributed by atoms with Crippen LogP contribution in [0.15, 0.2) is 12.3 Å². The lowest BCUT2D eigenvalue weighted by Gasteiger charge is -2.61. The highest BCUT2D eigenvalue weighted by Crippen LogP contribution is 2.62. The van der Waals surface area contributed by atoms with Crippen LogP contribution in [0.4, 0.5) is 0 Å². The van der Waals surface area contributed by atoms with Crippen LogP contribution in [0.5, 0.6) is 0 Å². The summed E-state index contributed by atoms with van der Waals surface area (Å²) in [4.78, 5) is 23.2. The molecule has 3 aliphatic carbocycles. The van der Waals surface area contributed by atoms with Crippen molar-refractivity contribution in [3.05, 3.63) is 12.3 Å². The standard InChI is InChI=1S/C26H42O6/c1-6-8-16(3)31-32-18-11-12-25(4)17(13-18)14-20(27)23-19-9-10-21(30-22(28)7-2)26(19,5)15-29-24(23)25/h17-21,23-24,27H,3,6-15H2,1-2,4-5H3/t17?,18-,19?,20-,21-,23?,24?,25-,26-/m0/s1. The number of ether oxygens (including phenoxy) is 2. The Morgan fingerprint density at radius 3 is 2.66 bits per heavy atom. The normalized spacial score (nSPS) is 45.3. The van der Waals surface area contributed by atoms with Gasteiger partial charge in [-0.3, -0.25) is 4.79 Å². The molecule has 4 unspecified atom stereocenters. The third kappa shape index (κ3) is 4.12. The summed E-state index contributed by atoms with van der Waals surface area (Å²) in [6.45, 7) is 13.0. The first-order valence-corrected chi connectivity index (χ1v) is 12.7. The third-order valence-electron chi connectivity index (χ3n) is 9.21. The minimum atomic E-state index is -0.405. The van der Waals surface area contributed by atoms with E-state index in [4.69, 9.17) is 19.2 Å². The van der Waals surface area contributed by atoms with Crippen LogP contribution in [-0.2, 0) is 24.0 Å². The molecule has 6 nitrogen and oxygen atoms in total. The SMILES string of the molecule is C=C(CCC)OO[C@H]1CC[C@@]2(C)C(C1)C[C@H](O)C1C2OC[C@@]2(C)C1CC[C@@H]2OC(=O)CC. The molecule has 1 N–H and O–H groups in total. The lowest BCUT2D eigenvalue weighted by molar-refractivity contribution is -0.318. The molecule has 1 heterocycles. The van der Waals surface area contributed by atoms with Gasteiger partial charge in [0, 0.05) is 24.2 Å². The molecule has 0 radical (unpaired) electrons. The van der Waals surface area contributed by atoms with Crippen LogP contribution in [0.3, 0.4) is 0 Å². The first-order valence-electron chi connectivity index (χ1n) is 12.7. The van der Waals surface area contributed by atoms with E-state index in [0.717, 1.165) is 51.4 Å². The zero-order valence-corrected chi connectivity index (χ0v) is 20.3. The van der Waals surface area contributed by atoms with Crippen LogP contribution in [-0.4, -0.2) is 42.1 Å². The van der Waals surface area contributed by atoms with E-state index in [2.05, 4.69) is 27.4 Å². The van der Waals surface area contributed by atoms with Crippen molar-refractivity contribution >= 4 is 5.97 Å². The van der Waals surface area contributed by atoms with Crippen molar-refractivity contribution in [2.75, 3.05) is 6.61 Å². The van der Waals surface area contributed by atoms with Crippen molar-refractivity contribution in [3.8, 4) is 0 Å². The molecule has 182 valence electrons. The van der Waals surface area contributed by atoms with E-state index in [-0.39, 0.29) is 41.0 Å². The Morgan fingerprint density at radius 1 is 1.16 bits per heavy atom. The molecule has 6 heteroatoms. The molecule has 0 spiro atoms. The van der Waals surface area contributed by atoms with Gasteiger partial charge in [-0.05, 0) is 62.2 Å². The molecule has 3 saturated carbocycles. The van der Waals surface area contributed by atoms with E-state index >= 15 is 0 Å². The molecule has 0 amide bonds. The van der Waals surface area contributed by atoms with Crippen LogP contribution in [0, 0.1) is 28.6 Å². The number of aliphatic hydroxyl groups is 1. The molecule has 4 rings (SSSR count). The Labute approximate surface area is 192 Å². The molecule has 9 atom stereocenters. The van der Waals surface area contributed by atoms with Crippen molar-refractivity contribution in [2.24, 2.45) is 28.6 Å². The summed E-state index contributed by atoms with van der Waals surface area (Å²) in [5.41, 5.74) is -0.201. The lowest BCUT2D eigenvalue weighted by atomic mass is 9.50. The van der Waals surface area contributed by atoms with Gasteiger partial charge in [-0.1, -0.05) is 34.3 Å². The molecular weight excluding hydrogens is 408 g/mol. The van der Waals surface area contributed by atoms with Gasteiger partial charge in [0.2, 0.25) is 0 Å². The largest absolute Gasteiger partial charge is 0.462 e. The minimum Gasteiger partial charge on any atom is -0.462 e. The highest BCUT2D eigenvalue weighted by Gasteiger charge is 2.64. The van der Waals surface area contributed by atoms with E-state index < -0.39 is 6.10 Å². The molecule has 1 aliphatic heterocycles. The first kappa shape index (κ1) is 24.0. The smallest absolute Gasteiger partial charge is 0.305 e. The molecule has 0 aromatic carbocycles. The maximum atomic E-state index is 12.0. The van der Waals surface area contributed by atoms with Gasteiger partial charge in [0.15, 0.2) is 0 Å². The summed E-state index contributed by atoms with van der Waals surface area (Å²) >= 11 is 0. The average Bonchev–Trinajstić information content (AvgIpc) is 3.09. The predicted molar refractivity (Wildman–Crippen MR) is 120 cm³/mol. The van der Waals surface area contributed by atoms with Crippen molar-refractivity contribution in [1.29, 1.82) is 0 Å². The van der Waals surface area contributed by atoms with Crippen LogP contribution < -0.4 is 0 Å². The highest BCUT2D eigenvalue weighted by atomic mass is 17.2. The number of hydrogen-bond acceptors (Lipinski definition) is 6. The van der Waals surface area contributed by atoms with Gasteiger partial charge in [-0.15, -0.1) is 0 Å². The summed E-state index contributed by atoms with van der Waals surface area (Å²) in [6, 6.07) is 0. The third-order valence-corrected chi connectivity index (χ3v) is 9.21. The Bertz CT molecular complexity index is 708. The van der Waals surface area contributed by atoms with Gasteiger partial charge in [0.25, 0.3) is 0 Å². The van der Waals surface area contributed by atoms with Crippen LogP contribution in [0.2, 0.25) is 0 Å². The van der Waals surface area contributed by atoms with E-state index in [0.29, 0.717) is 30.6 Å². The van der Waals surface area contributed by atoms with Crippen LogP contribution >= 0.6 is 0 Å². The van der Waals surface area contributed by atoms with Gasteiger partial charge in [0.1, 0.15) is 18.0 Å². The molecule has 0 aromatic heterocycles. The number of fused-ring (bicyclic) bond motifs is 5. The number of rotatable bonds is 7. The number of esters is 1. The van der Waals surface area contributed by atoms with Crippen molar-refractivity contribution in [3.63, 3.8) is 0 Å². The van der Waals surface area contributed by atoms with E-state index in [1.54, 1.807) is 0 Å². The van der Waals surface area contributed by atoms with Gasteiger partial charge in [-0.2, -0.15) is 4.89 Å². The fourth-order valence-electron chi connectivity index (χ4n) is 7.30. The van der Waals surface area contributed by atoms with Crippen molar-refractivity contribution in [2.45, 2.75) is 110 Å². The average molecular weight is 451 g/mol. The molecular formula is C26H42O6. The number of carbonyl (C=O) groups excluding carboxylic acids is 1. The Hall–Kier alpha value is -1.11. The minimum absolute atomic E-state index is 0.0176. The van der Waals surface area contributed by atoms with E-state index in [1.807, 2.05) is 6.92 Å². The van der Waals surface area contributed by atoms with Gasteiger partial charge in [-0.25, -0.2) is 0 Å². The molecule has 0 aromatic rings. The molecule has 4 aliphatic rings. The summed E-state index contributed by atoms with van der Waals surface area (Å²) in [7, 11) is 0. The molecule has 4 fully saturated rings. The summed E-state index contributed by atoms with van der Waals surface area (Å²) in [5.74, 6) is 1.29. The van der Waals surface area contributed by atoms with Gasteiger partial charge < -0.3 is 19.5 Å². The van der Waals surface area contributed by atoms with Gasteiger partial charge in [0.05, 0.1) is 18.8 Å². The Balaban J connectivity index is 1.45. The van der Waals surface area contributed by atoms with Crippen LogP contribution in [0.1, 0.15) is 85.5 Å². The zero-order chi connectivity index (χ0) is 23.1. The summed E-state index contributed by atoms with van der Waals surface area (Å²) in [6.07, 6.45) is 7.14. The second kappa shape index (κ2) is 9.27. The second-order valence-corrected chi connectivity index (χ2v) is 11.2. The quantitative estimate of drug-likeness (QED) is 0.256. The number of allylic oxidation sites excluding steroid dienone is 1. The maximum absolute atomic E-state index is 12.0. The Morgan fingerprint density at radius 2 is 1.94 bits per heavy atom. The molecule has 32 heavy (non-hydrogen) atoms. The second-order valence-electron chi connectivity index (χ2n) is 11.2. The first-order chi connectivity index (χ1) is 15.2. The Kier molecular flexibility index (Phi) is 6.96. The maximum Gasteiger partial charge on any atom is 0.305 e. The number of hydrogen-bond donors (Lipinski definition) is 1. The summed E-state index contributed by atoms with van der Waals surface area (Å²) in [5, 5.41) is 11.3. The topological polar surface area (TPSA) is 74.2 Å². The molecule has 0 bridgehead atoms. The predicted octanol–water partition coefficient (Wildman–Crippen LogP) is 4.94. The number of carbonyl (C=O) groups is 1. The van der Waals surface area contributed by atoms with Crippen molar-refractivity contribution < 1.29 is 29.1 Å².